The summed E-state index contributed by atoms with van der Waals surface area (Å²) < 4.78 is 2.40. The molecular formula is C16H17BrIN. The molecule has 1 nitrogen and oxygen atoms in total. The zero-order valence-electron chi connectivity index (χ0n) is 11.0. The van der Waals surface area contributed by atoms with Gasteiger partial charge in [0.15, 0.2) is 0 Å². The molecular weight excluding hydrogens is 413 g/mol. The molecule has 0 aliphatic carbocycles. The van der Waals surface area contributed by atoms with E-state index in [1.165, 1.54) is 14.7 Å². The van der Waals surface area contributed by atoms with Crippen molar-refractivity contribution in [3.05, 3.63) is 67.7 Å². The van der Waals surface area contributed by atoms with Crippen molar-refractivity contribution < 1.29 is 0 Å². The van der Waals surface area contributed by atoms with Gasteiger partial charge < -0.3 is 5.32 Å². The van der Waals surface area contributed by atoms with Crippen LogP contribution in [-0.2, 0) is 0 Å². The molecule has 0 aliphatic rings. The Morgan fingerprint density at radius 2 is 1.58 bits per heavy atom. The van der Waals surface area contributed by atoms with Crippen LogP contribution in [0.5, 0.6) is 0 Å². The molecule has 0 aliphatic heterocycles. The van der Waals surface area contributed by atoms with E-state index in [2.05, 4.69) is 106 Å². The summed E-state index contributed by atoms with van der Waals surface area (Å²) in [4.78, 5) is 0. The van der Waals surface area contributed by atoms with E-state index in [4.69, 9.17) is 0 Å². The van der Waals surface area contributed by atoms with Crippen molar-refractivity contribution in [2.45, 2.75) is 25.9 Å². The minimum Gasteiger partial charge on any atom is -0.304 e. The highest BCUT2D eigenvalue weighted by Gasteiger charge is 2.11. The van der Waals surface area contributed by atoms with E-state index in [-0.39, 0.29) is 0 Å². The molecule has 3 heteroatoms. The lowest BCUT2D eigenvalue weighted by Crippen LogP contribution is -2.22. The molecule has 0 bridgehead atoms. The highest BCUT2D eigenvalue weighted by Crippen LogP contribution is 2.22. The van der Waals surface area contributed by atoms with E-state index in [0.29, 0.717) is 12.1 Å². The second-order valence-corrected chi connectivity index (χ2v) is 6.88. The van der Waals surface area contributed by atoms with Crippen LogP contribution in [0.2, 0.25) is 0 Å². The van der Waals surface area contributed by atoms with Crippen LogP contribution in [0.15, 0.2) is 53.0 Å². The fourth-order valence-corrected chi connectivity index (χ4v) is 2.87. The number of benzene rings is 2. The van der Waals surface area contributed by atoms with E-state index in [1.54, 1.807) is 0 Å². The first kappa shape index (κ1) is 15.0. The molecule has 0 aromatic heterocycles. The van der Waals surface area contributed by atoms with Crippen molar-refractivity contribution in [2.24, 2.45) is 0 Å². The Kier molecular flexibility index (Phi) is 5.42. The van der Waals surface area contributed by atoms with Crippen LogP contribution >= 0.6 is 38.5 Å². The van der Waals surface area contributed by atoms with Gasteiger partial charge in [0, 0.05) is 20.1 Å². The van der Waals surface area contributed by atoms with Crippen molar-refractivity contribution >= 4 is 38.5 Å². The summed E-state index contributed by atoms with van der Waals surface area (Å²) >= 11 is 5.85. The van der Waals surface area contributed by atoms with E-state index in [9.17, 15) is 0 Å². The van der Waals surface area contributed by atoms with Crippen molar-refractivity contribution in [3.63, 3.8) is 0 Å². The van der Waals surface area contributed by atoms with Crippen molar-refractivity contribution in [1.29, 1.82) is 0 Å². The average molecular weight is 430 g/mol. The van der Waals surface area contributed by atoms with Crippen LogP contribution in [0.1, 0.15) is 37.1 Å². The monoisotopic (exact) mass is 429 g/mol. The molecule has 100 valence electrons. The topological polar surface area (TPSA) is 12.0 Å². The van der Waals surface area contributed by atoms with Crippen LogP contribution in [0.25, 0.3) is 0 Å². The Hall–Kier alpha value is -0.390. The molecule has 2 aromatic carbocycles. The average Bonchev–Trinajstić information content (AvgIpc) is 2.39. The smallest absolute Gasteiger partial charge is 0.0297 e. The van der Waals surface area contributed by atoms with E-state index >= 15 is 0 Å². The van der Waals surface area contributed by atoms with E-state index in [1.807, 2.05) is 0 Å². The van der Waals surface area contributed by atoms with Gasteiger partial charge in [-0.3, -0.25) is 0 Å². The van der Waals surface area contributed by atoms with Crippen LogP contribution in [0.3, 0.4) is 0 Å². The summed E-state index contributed by atoms with van der Waals surface area (Å²) in [5.74, 6) is 0. The predicted octanol–water partition coefficient (Wildman–Crippen LogP) is 5.47. The summed E-state index contributed by atoms with van der Waals surface area (Å²) in [6.07, 6.45) is 0. The van der Waals surface area contributed by atoms with Gasteiger partial charge in [-0.1, -0.05) is 40.2 Å². The van der Waals surface area contributed by atoms with Crippen molar-refractivity contribution in [3.8, 4) is 0 Å². The standard InChI is InChI=1S/C16H17BrIN/c1-11(13-6-8-16(18)9-7-13)19-12(2)14-4-3-5-15(17)10-14/h3-12,19H,1-2H3/t11?,12-/m0/s1. The SMILES string of the molecule is CC(N[C@@H](C)c1cccc(Br)c1)c1ccc(I)cc1. The quantitative estimate of drug-likeness (QED) is 0.635. The summed E-state index contributed by atoms with van der Waals surface area (Å²) in [6.45, 7) is 4.40. The Morgan fingerprint density at radius 1 is 0.947 bits per heavy atom. The third-order valence-corrected chi connectivity index (χ3v) is 4.43. The van der Waals surface area contributed by atoms with Crippen molar-refractivity contribution in [2.75, 3.05) is 0 Å². The minimum absolute atomic E-state index is 0.326. The first-order valence-corrected chi connectivity index (χ1v) is 8.20. The van der Waals surface area contributed by atoms with Crippen LogP contribution in [0, 0.1) is 3.57 Å². The Bertz CT molecular complexity index is 539. The first-order valence-electron chi connectivity index (χ1n) is 6.33. The maximum absolute atomic E-state index is 3.64. The molecule has 1 N–H and O–H groups in total. The van der Waals surface area contributed by atoms with Gasteiger partial charge in [0.05, 0.1) is 0 Å². The summed E-state index contributed by atoms with van der Waals surface area (Å²) in [5, 5.41) is 3.64. The molecule has 0 saturated heterocycles. The minimum atomic E-state index is 0.326. The second-order valence-electron chi connectivity index (χ2n) is 4.72. The van der Waals surface area contributed by atoms with Crippen LogP contribution in [-0.4, -0.2) is 0 Å². The lowest BCUT2D eigenvalue weighted by Gasteiger charge is -2.21. The molecule has 2 atom stereocenters. The fourth-order valence-electron chi connectivity index (χ4n) is 2.09. The normalized spacial score (nSPS) is 14.1. The molecule has 0 saturated carbocycles. The fraction of sp³-hybridized carbons (Fsp3) is 0.250. The van der Waals surface area contributed by atoms with E-state index < -0.39 is 0 Å². The first-order chi connectivity index (χ1) is 9.06. The van der Waals surface area contributed by atoms with Crippen LogP contribution < -0.4 is 5.32 Å². The van der Waals surface area contributed by atoms with Crippen LogP contribution in [0.4, 0.5) is 0 Å². The van der Waals surface area contributed by atoms with Gasteiger partial charge in [0.25, 0.3) is 0 Å². The molecule has 19 heavy (non-hydrogen) atoms. The molecule has 2 aromatic rings. The molecule has 2 rings (SSSR count). The number of nitrogens with one attached hydrogen (secondary N) is 1. The second kappa shape index (κ2) is 6.86. The molecule has 0 radical (unpaired) electrons. The molecule has 0 fully saturated rings. The lowest BCUT2D eigenvalue weighted by atomic mass is 10.0. The number of rotatable bonds is 4. The van der Waals surface area contributed by atoms with Crippen molar-refractivity contribution in [1.82, 2.24) is 5.32 Å². The highest BCUT2D eigenvalue weighted by atomic mass is 127. The van der Waals surface area contributed by atoms with E-state index in [0.717, 1.165) is 4.47 Å². The van der Waals surface area contributed by atoms with Gasteiger partial charge in [-0.25, -0.2) is 0 Å². The van der Waals surface area contributed by atoms with Gasteiger partial charge in [-0.05, 0) is 71.8 Å². The Labute approximate surface area is 137 Å². The zero-order valence-corrected chi connectivity index (χ0v) is 14.8. The summed E-state index contributed by atoms with van der Waals surface area (Å²) in [5.41, 5.74) is 2.62. The Balaban J connectivity index is 2.06. The van der Waals surface area contributed by atoms with Gasteiger partial charge in [0.2, 0.25) is 0 Å². The predicted molar refractivity (Wildman–Crippen MR) is 93.3 cm³/mol. The number of halogens is 2. The molecule has 1 unspecified atom stereocenters. The molecule has 0 amide bonds. The third kappa shape index (κ3) is 4.29. The number of hydrogen-bond acceptors (Lipinski definition) is 1. The highest BCUT2D eigenvalue weighted by molar-refractivity contribution is 14.1. The van der Waals surface area contributed by atoms with Gasteiger partial charge in [0.1, 0.15) is 0 Å². The summed E-state index contributed by atoms with van der Waals surface area (Å²) in [6, 6.07) is 17.8. The maximum Gasteiger partial charge on any atom is 0.0297 e. The largest absolute Gasteiger partial charge is 0.304 e. The maximum atomic E-state index is 3.64. The lowest BCUT2D eigenvalue weighted by molar-refractivity contribution is 0.494. The van der Waals surface area contributed by atoms with Gasteiger partial charge in [-0.2, -0.15) is 0 Å². The zero-order chi connectivity index (χ0) is 13.8. The molecule has 0 spiro atoms. The molecule has 0 heterocycles. The van der Waals surface area contributed by atoms with Gasteiger partial charge in [-0.15, -0.1) is 0 Å². The Morgan fingerprint density at radius 3 is 2.21 bits per heavy atom. The number of hydrogen-bond donors (Lipinski definition) is 1. The third-order valence-electron chi connectivity index (χ3n) is 3.22. The van der Waals surface area contributed by atoms with Gasteiger partial charge >= 0.3 is 0 Å². The summed E-state index contributed by atoms with van der Waals surface area (Å²) in [7, 11) is 0.